The van der Waals surface area contributed by atoms with Crippen molar-refractivity contribution in [3.05, 3.63) is 0 Å². The van der Waals surface area contributed by atoms with E-state index < -0.39 is 39.9 Å². The first-order chi connectivity index (χ1) is 16.6. The summed E-state index contributed by atoms with van der Waals surface area (Å²) in [5, 5.41) is 9.85. The minimum atomic E-state index is -1.51. The number of carbonyl (C=O) groups is 3. The maximum atomic E-state index is 13.9. The van der Waals surface area contributed by atoms with Crippen LogP contribution in [0.1, 0.15) is 106 Å². The first kappa shape index (κ1) is 30.9. The summed E-state index contributed by atoms with van der Waals surface area (Å²) >= 11 is 6.89. The Morgan fingerprint density at radius 2 is 1.69 bits per heavy atom. The number of carboxylic acid groups (broad SMARTS) is 1. The molecule has 7 nitrogen and oxygen atoms in total. The molecule has 1 heterocycles. The van der Waals surface area contributed by atoms with Crippen LogP contribution in [0.2, 0.25) is 0 Å². The van der Waals surface area contributed by atoms with E-state index in [4.69, 9.17) is 25.8 Å². The van der Waals surface area contributed by atoms with Gasteiger partial charge in [-0.15, -0.1) is 11.6 Å². The molecule has 1 aliphatic heterocycles. The zero-order valence-electron chi connectivity index (χ0n) is 23.2. The fraction of sp³-hybridized carbons (Fsp3) is 0.893. The van der Waals surface area contributed by atoms with Crippen molar-refractivity contribution in [2.45, 2.75) is 124 Å². The molecule has 1 N–H and O–H groups in total. The van der Waals surface area contributed by atoms with Crippen molar-refractivity contribution in [3.8, 4) is 0 Å². The largest absolute Gasteiger partial charge is 0.481 e. The first-order valence-electron chi connectivity index (χ1n) is 13.6. The van der Waals surface area contributed by atoms with Gasteiger partial charge in [0.05, 0.1) is 17.4 Å². The van der Waals surface area contributed by atoms with Crippen LogP contribution in [-0.4, -0.2) is 46.9 Å². The van der Waals surface area contributed by atoms with Crippen molar-refractivity contribution in [1.29, 1.82) is 0 Å². The standard InChI is InChI=1S/C28H47ClO7/c1-8-28(29,25(33)36-22-11-9-10-14-34-22)17-27(7,16-26(5,6)23(30)31)24(32)35-21-15-19(4)12-13-20(21)18(2)3/h18-22H,8-17H2,1-7H3,(H,30,31). The molecule has 0 aromatic carbocycles. The third-order valence-electron chi connectivity index (χ3n) is 8.10. The number of hydrogen-bond donors (Lipinski definition) is 1. The van der Waals surface area contributed by atoms with Gasteiger partial charge in [0.15, 0.2) is 0 Å². The molecule has 0 radical (unpaired) electrons. The van der Waals surface area contributed by atoms with Gasteiger partial charge in [0.2, 0.25) is 6.29 Å². The van der Waals surface area contributed by atoms with Gasteiger partial charge in [-0.25, -0.2) is 0 Å². The third-order valence-corrected chi connectivity index (χ3v) is 8.65. The average Bonchev–Trinajstić information content (AvgIpc) is 2.78. The van der Waals surface area contributed by atoms with Crippen molar-refractivity contribution >= 4 is 29.5 Å². The number of alkyl halides is 1. The Hall–Kier alpha value is -1.34. The molecular weight excluding hydrogens is 484 g/mol. The first-order valence-corrected chi connectivity index (χ1v) is 14.0. The highest BCUT2D eigenvalue weighted by Gasteiger charge is 2.52. The van der Waals surface area contributed by atoms with Gasteiger partial charge >= 0.3 is 17.9 Å². The van der Waals surface area contributed by atoms with Gasteiger partial charge in [-0.2, -0.15) is 0 Å². The zero-order valence-corrected chi connectivity index (χ0v) is 24.0. The molecule has 2 aliphatic rings. The number of halogens is 1. The number of aliphatic carboxylic acids is 1. The second-order valence-corrected chi connectivity index (χ2v) is 13.1. The summed E-state index contributed by atoms with van der Waals surface area (Å²) in [7, 11) is 0. The second-order valence-electron chi connectivity index (χ2n) is 12.4. The Morgan fingerprint density at radius 3 is 2.22 bits per heavy atom. The van der Waals surface area contributed by atoms with E-state index in [1.165, 1.54) is 0 Å². The molecule has 1 aliphatic carbocycles. The maximum absolute atomic E-state index is 13.9. The molecule has 36 heavy (non-hydrogen) atoms. The van der Waals surface area contributed by atoms with E-state index in [0.717, 1.165) is 32.1 Å². The van der Waals surface area contributed by atoms with E-state index in [1.54, 1.807) is 27.7 Å². The molecule has 6 atom stereocenters. The van der Waals surface area contributed by atoms with Gasteiger partial charge in [-0.05, 0) is 83.5 Å². The highest BCUT2D eigenvalue weighted by molar-refractivity contribution is 6.34. The molecule has 8 heteroatoms. The normalized spacial score (nSPS) is 28.6. The van der Waals surface area contributed by atoms with Gasteiger partial charge in [0.1, 0.15) is 11.0 Å². The molecule has 0 bridgehead atoms. The maximum Gasteiger partial charge on any atom is 0.329 e. The van der Waals surface area contributed by atoms with Crippen molar-refractivity contribution in [2.24, 2.45) is 28.6 Å². The van der Waals surface area contributed by atoms with E-state index in [0.29, 0.717) is 24.9 Å². The van der Waals surface area contributed by atoms with Crippen molar-refractivity contribution < 1.29 is 33.7 Å². The molecule has 0 spiro atoms. The molecular formula is C28H47ClO7. The third kappa shape index (κ3) is 7.83. The number of carbonyl (C=O) groups excluding carboxylic acids is 2. The lowest BCUT2D eigenvalue weighted by atomic mass is 9.68. The Bertz CT molecular complexity index is 776. The fourth-order valence-electron chi connectivity index (χ4n) is 5.78. The highest BCUT2D eigenvalue weighted by atomic mass is 35.5. The number of ether oxygens (including phenoxy) is 3. The zero-order chi connectivity index (χ0) is 27.3. The van der Waals surface area contributed by atoms with E-state index >= 15 is 0 Å². The van der Waals surface area contributed by atoms with E-state index in [2.05, 4.69) is 20.8 Å². The lowest BCUT2D eigenvalue weighted by Gasteiger charge is -2.42. The SMILES string of the molecule is CCC(Cl)(CC(C)(CC(C)(C)C(=O)O)C(=O)OC1CC(C)CCC1C(C)C)C(=O)OC1CCCCO1. The van der Waals surface area contributed by atoms with Crippen LogP contribution in [0.15, 0.2) is 0 Å². The molecule has 2 fully saturated rings. The summed E-state index contributed by atoms with van der Waals surface area (Å²) in [5.41, 5.74) is -2.54. The number of esters is 2. The minimum absolute atomic E-state index is 0.0233. The summed E-state index contributed by atoms with van der Waals surface area (Å²) in [6.07, 6.45) is 4.46. The fourth-order valence-corrected chi connectivity index (χ4v) is 6.12. The summed E-state index contributed by atoms with van der Waals surface area (Å²) in [4.78, 5) is 37.6. The molecule has 2 rings (SSSR count). The van der Waals surface area contributed by atoms with Crippen LogP contribution in [0.4, 0.5) is 0 Å². The predicted molar refractivity (Wildman–Crippen MR) is 139 cm³/mol. The minimum Gasteiger partial charge on any atom is -0.481 e. The van der Waals surface area contributed by atoms with Crippen molar-refractivity contribution in [1.82, 2.24) is 0 Å². The topological polar surface area (TPSA) is 99.1 Å². The Balaban J connectivity index is 2.33. The van der Waals surface area contributed by atoms with Crippen LogP contribution in [0.3, 0.4) is 0 Å². The lowest BCUT2D eigenvalue weighted by molar-refractivity contribution is -0.191. The molecule has 1 saturated heterocycles. The molecule has 0 aromatic heterocycles. The number of rotatable bonds is 11. The summed E-state index contributed by atoms with van der Waals surface area (Å²) in [6, 6.07) is 0. The smallest absolute Gasteiger partial charge is 0.329 e. The second kappa shape index (κ2) is 12.5. The van der Waals surface area contributed by atoms with Crippen LogP contribution >= 0.6 is 11.6 Å². The van der Waals surface area contributed by atoms with Crippen molar-refractivity contribution in [3.63, 3.8) is 0 Å². The van der Waals surface area contributed by atoms with Crippen LogP contribution in [0, 0.1) is 28.6 Å². The quantitative estimate of drug-likeness (QED) is 0.245. The monoisotopic (exact) mass is 530 g/mol. The van der Waals surface area contributed by atoms with E-state index in [-0.39, 0.29) is 31.3 Å². The van der Waals surface area contributed by atoms with Crippen LogP contribution < -0.4 is 0 Å². The summed E-state index contributed by atoms with van der Waals surface area (Å²) in [5.74, 6) is -1.14. The number of hydrogen-bond acceptors (Lipinski definition) is 6. The molecule has 0 amide bonds. The van der Waals surface area contributed by atoms with Crippen LogP contribution in [-0.2, 0) is 28.6 Å². The summed E-state index contributed by atoms with van der Waals surface area (Å²) < 4.78 is 17.3. The number of carboxylic acids is 1. The van der Waals surface area contributed by atoms with Crippen LogP contribution in [0.25, 0.3) is 0 Å². The van der Waals surface area contributed by atoms with Crippen LogP contribution in [0.5, 0.6) is 0 Å². The Morgan fingerprint density at radius 1 is 1.03 bits per heavy atom. The highest BCUT2D eigenvalue weighted by Crippen LogP contribution is 2.46. The average molecular weight is 531 g/mol. The molecule has 208 valence electrons. The van der Waals surface area contributed by atoms with Gasteiger partial charge in [-0.1, -0.05) is 34.1 Å². The lowest BCUT2D eigenvalue weighted by Crippen LogP contribution is -2.48. The van der Waals surface area contributed by atoms with Gasteiger partial charge in [-0.3, -0.25) is 14.4 Å². The van der Waals surface area contributed by atoms with E-state index in [1.807, 2.05) is 0 Å². The van der Waals surface area contributed by atoms with E-state index in [9.17, 15) is 19.5 Å². The Kier molecular flexibility index (Phi) is 10.7. The molecule has 0 aromatic rings. The van der Waals surface area contributed by atoms with Gasteiger partial charge in [0.25, 0.3) is 0 Å². The molecule has 1 saturated carbocycles. The predicted octanol–water partition coefficient (Wildman–Crippen LogP) is 6.35. The summed E-state index contributed by atoms with van der Waals surface area (Å²) in [6.45, 7) is 13.6. The van der Waals surface area contributed by atoms with Gasteiger partial charge in [0, 0.05) is 6.42 Å². The Labute approximate surface area is 222 Å². The van der Waals surface area contributed by atoms with Gasteiger partial charge < -0.3 is 19.3 Å². The van der Waals surface area contributed by atoms with Crippen molar-refractivity contribution in [2.75, 3.05) is 6.61 Å². The molecule has 6 unspecified atom stereocenters.